The molecule has 1 atom stereocenters. The summed E-state index contributed by atoms with van der Waals surface area (Å²) in [6.07, 6.45) is 1.20. The van der Waals surface area contributed by atoms with E-state index in [-0.39, 0.29) is 6.10 Å². The van der Waals surface area contributed by atoms with Gasteiger partial charge in [-0.05, 0) is 40.0 Å². The minimum atomic E-state index is 0.174. The van der Waals surface area contributed by atoms with E-state index in [9.17, 15) is 0 Å². The molecule has 0 spiro atoms. The van der Waals surface area contributed by atoms with Crippen LogP contribution in [0.3, 0.4) is 0 Å². The summed E-state index contributed by atoms with van der Waals surface area (Å²) in [6, 6.07) is 0. The lowest BCUT2D eigenvalue weighted by Gasteiger charge is -2.18. The van der Waals surface area contributed by atoms with Crippen molar-refractivity contribution in [2.24, 2.45) is 5.92 Å². The maximum atomic E-state index is 5.93. The number of ether oxygens (including phenoxy) is 1. The lowest BCUT2D eigenvalue weighted by molar-refractivity contribution is 0.184. The number of aromatic nitrogens is 2. The molecule has 0 saturated heterocycles. The predicted octanol–water partition coefficient (Wildman–Crippen LogP) is 3.34. The molecular formula is C14H25N3O. The van der Waals surface area contributed by atoms with Gasteiger partial charge in [0.05, 0.1) is 11.7 Å². The molecule has 1 aromatic rings. The van der Waals surface area contributed by atoms with Gasteiger partial charge in [0.2, 0.25) is 5.88 Å². The first-order valence-corrected chi connectivity index (χ1v) is 6.69. The maximum absolute atomic E-state index is 5.93. The third-order valence-corrected chi connectivity index (χ3v) is 2.67. The molecule has 1 heterocycles. The maximum Gasteiger partial charge on any atom is 0.222 e. The lowest BCUT2D eigenvalue weighted by atomic mass is 10.1. The second-order valence-electron chi connectivity index (χ2n) is 5.14. The molecule has 0 saturated carbocycles. The number of anilines is 1. The molecule has 4 heteroatoms. The number of hydrogen-bond acceptors (Lipinski definition) is 4. The molecule has 4 nitrogen and oxygen atoms in total. The monoisotopic (exact) mass is 251 g/mol. The highest BCUT2D eigenvalue weighted by Crippen LogP contribution is 2.23. The molecule has 18 heavy (non-hydrogen) atoms. The first-order chi connectivity index (χ1) is 8.43. The van der Waals surface area contributed by atoms with E-state index in [0.717, 1.165) is 30.2 Å². The molecule has 102 valence electrons. The van der Waals surface area contributed by atoms with E-state index in [0.29, 0.717) is 11.8 Å². The van der Waals surface area contributed by atoms with Crippen molar-refractivity contribution in [2.45, 2.75) is 54.1 Å². The van der Waals surface area contributed by atoms with Crippen molar-refractivity contribution >= 4 is 5.82 Å². The standard InChI is InChI=1S/C14H25N3O/c1-7-15-13-11(5)14(17-12(6)16-13)18-10(4)8-9(2)3/h9-10H,7-8H2,1-6H3,(H,15,16,17). The molecule has 0 amide bonds. The van der Waals surface area contributed by atoms with Crippen LogP contribution in [0.1, 0.15) is 45.5 Å². The summed E-state index contributed by atoms with van der Waals surface area (Å²) in [5.41, 5.74) is 0.984. The Kier molecular flexibility index (Phi) is 5.38. The Hall–Kier alpha value is -1.32. The smallest absolute Gasteiger partial charge is 0.222 e. The lowest BCUT2D eigenvalue weighted by Crippen LogP contribution is -2.17. The summed E-state index contributed by atoms with van der Waals surface area (Å²) >= 11 is 0. The van der Waals surface area contributed by atoms with E-state index in [2.05, 4.69) is 43.0 Å². The molecule has 0 bridgehead atoms. The Bertz CT molecular complexity index is 391. The van der Waals surface area contributed by atoms with Crippen molar-refractivity contribution in [3.8, 4) is 5.88 Å². The number of nitrogens with one attached hydrogen (secondary N) is 1. The van der Waals surface area contributed by atoms with Crippen molar-refractivity contribution in [2.75, 3.05) is 11.9 Å². The van der Waals surface area contributed by atoms with Crippen LogP contribution in [-0.4, -0.2) is 22.6 Å². The van der Waals surface area contributed by atoms with Crippen molar-refractivity contribution < 1.29 is 4.74 Å². The molecule has 1 rings (SSSR count). The third-order valence-electron chi connectivity index (χ3n) is 2.67. The summed E-state index contributed by atoms with van der Waals surface area (Å²) < 4.78 is 5.93. The molecule has 0 aliphatic heterocycles. The van der Waals surface area contributed by atoms with Gasteiger partial charge in [0, 0.05) is 6.54 Å². The second-order valence-corrected chi connectivity index (χ2v) is 5.14. The van der Waals surface area contributed by atoms with Crippen LogP contribution in [0.25, 0.3) is 0 Å². The normalized spacial score (nSPS) is 12.6. The first kappa shape index (κ1) is 14.7. The second kappa shape index (κ2) is 6.57. The molecule has 0 aliphatic carbocycles. The van der Waals surface area contributed by atoms with E-state index >= 15 is 0 Å². The van der Waals surface area contributed by atoms with E-state index in [1.54, 1.807) is 0 Å². The Balaban J connectivity index is 2.87. The molecule has 0 aromatic carbocycles. The molecular weight excluding hydrogens is 226 g/mol. The average Bonchev–Trinajstić information content (AvgIpc) is 2.23. The van der Waals surface area contributed by atoms with Gasteiger partial charge in [-0.3, -0.25) is 0 Å². The Labute approximate surface area is 110 Å². The zero-order valence-corrected chi connectivity index (χ0v) is 12.4. The Morgan fingerprint density at radius 1 is 1.17 bits per heavy atom. The SMILES string of the molecule is CCNc1nc(C)nc(OC(C)CC(C)C)c1C. The van der Waals surface area contributed by atoms with Crippen LogP contribution >= 0.6 is 0 Å². The number of hydrogen-bond donors (Lipinski definition) is 1. The van der Waals surface area contributed by atoms with Gasteiger partial charge in [-0.2, -0.15) is 4.98 Å². The van der Waals surface area contributed by atoms with E-state index in [1.807, 2.05) is 13.8 Å². The highest BCUT2D eigenvalue weighted by Gasteiger charge is 2.13. The van der Waals surface area contributed by atoms with Crippen LogP contribution < -0.4 is 10.1 Å². The number of rotatable bonds is 6. The molecule has 0 aliphatic rings. The largest absolute Gasteiger partial charge is 0.474 e. The molecule has 0 radical (unpaired) electrons. The van der Waals surface area contributed by atoms with Gasteiger partial charge in [0.1, 0.15) is 11.6 Å². The fourth-order valence-electron chi connectivity index (χ4n) is 1.96. The van der Waals surface area contributed by atoms with Crippen LogP contribution in [0.4, 0.5) is 5.82 Å². The highest BCUT2D eigenvalue weighted by atomic mass is 16.5. The van der Waals surface area contributed by atoms with Crippen LogP contribution in [0.5, 0.6) is 5.88 Å². The Morgan fingerprint density at radius 3 is 2.39 bits per heavy atom. The van der Waals surface area contributed by atoms with Crippen molar-refractivity contribution in [1.82, 2.24) is 9.97 Å². The summed E-state index contributed by atoms with van der Waals surface area (Å²) in [4.78, 5) is 8.78. The molecule has 1 N–H and O–H groups in total. The minimum absolute atomic E-state index is 0.174. The zero-order valence-electron chi connectivity index (χ0n) is 12.4. The topological polar surface area (TPSA) is 47.0 Å². The third kappa shape index (κ3) is 4.17. The van der Waals surface area contributed by atoms with Crippen molar-refractivity contribution in [3.63, 3.8) is 0 Å². The summed E-state index contributed by atoms with van der Waals surface area (Å²) in [5.74, 6) is 2.93. The van der Waals surface area contributed by atoms with Crippen LogP contribution in [0.15, 0.2) is 0 Å². The Morgan fingerprint density at radius 2 is 1.83 bits per heavy atom. The first-order valence-electron chi connectivity index (χ1n) is 6.69. The number of aryl methyl sites for hydroxylation is 1. The highest BCUT2D eigenvalue weighted by molar-refractivity contribution is 5.48. The van der Waals surface area contributed by atoms with Crippen LogP contribution in [0.2, 0.25) is 0 Å². The number of nitrogens with zero attached hydrogens (tertiary/aromatic N) is 2. The quantitative estimate of drug-likeness (QED) is 0.842. The predicted molar refractivity (Wildman–Crippen MR) is 75.2 cm³/mol. The van der Waals surface area contributed by atoms with Gasteiger partial charge in [0.15, 0.2) is 0 Å². The average molecular weight is 251 g/mol. The van der Waals surface area contributed by atoms with Crippen molar-refractivity contribution in [3.05, 3.63) is 11.4 Å². The van der Waals surface area contributed by atoms with Gasteiger partial charge < -0.3 is 10.1 Å². The summed E-state index contributed by atoms with van der Waals surface area (Å²) in [6.45, 7) is 13.3. The molecule has 0 fully saturated rings. The fourth-order valence-corrected chi connectivity index (χ4v) is 1.96. The van der Waals surface area contributed by atoms with Crippen LogP contribution in [-0.2, 0) is 0 Å². The van der Waals surface area contributed by atoms with Gasteiger partial charge in [-0.1, -0.05) is 13.8 Å². The van der Waals surface area contributed by atoms with Gasteiger partial charge >= 0.3 is 0 Å². The molecule has 1 unspecified atom stereocenters. The van der Waals surface area contributed by atoms with Gasteiger partial charge in [-0.15, -0.1) is 0 Å². The van der Waals surface area contributed by atoms with Crippen LogP contribution in [0, 0.1) is 19.8 Å². The van der Waals surface area contributed by atoms with E-state index in [4.69, 9.17) is 4.74 Å². The summed E-state index contributed by atoms with van der Waals surface area (Å²) in [5, 5.41) is 3.24. The minimum Gasteiger partial charge on any atom is -0.474 e. The van der Waals surface area contributed by atoms with Crippen molar-refractivity contribution in [1.29, 1.82) is 0 Å². The van der Waals surface area contributed by atoms with E-state index in [1.165, 1.54) is 0 Å². The molecule has 1 aromatic heterocycles. The van der Waals surface area contributed by atoms with Gasteiger partial charge in [0.25, 0.3) is 0 Å². The summed E-state index contributed by atoms with van der Waals surface area (Å²) in [7, 11) is 0. The fraction of sp³-hybridized carbons (Fsp3) is 0.714. The zero-order chi connectivity index (χ0) is 13.7. The van der Waals surface area contributed by atoms with Gasteiger partial charge in [-0.25, -0.2) is 4.98 Å². The van der Waals surface area contributed by atoms with E-state index < -0.39 is 0 Å².